The molecule has 1 saturated heterocycles. The molecule has 0 unspecified atom stereocenters. The summed E-state index contributed by atoms with van der Waals surface area (Å²) in [4.78, 5) is 20.4. The summed E-state index contributed by atoms with van der Waals surface area (Å²) in [5, 5.41) is 3.75. The average molecular weight is 500 g/mol. The van der Waals surface area contributed by atoms with Gasteiger partial charge in [0.15, 0.2) is 0 Å². The van der Waals surface area contributed by atoms with Crippen LogP contribution < -0.4 is 11.1 Å². The Morgan fingerprint density at radius 1 is 1.23 bits per heavy atom. The molecule has 1 heterocycles. The number of carbonyl (C=O) groups excluding carboxylic acids is 1. The summed E-state index contributed by atoms with van der Waals surface area (Å²) in [6.07, 6.45) is 4.05. The Labute approximate surface area is 212 Å². The van der Waals surface area contributed by atoms with Crippen molar-refractivity contribution in [1.29, 1.82) is 0 Å². The first-order chi connectivity index (χ1) is 16.9. The molecule has 0 radical (unpaired) electrons. The lowest BCUT2D eigenvalue weighted by Gasteiger charge is -2.34. The largest absolute Gasteiger partial charge is 0.396 e. The van der Waals surface area contributed by atoms with Gasteiger partial charge in [-0.2, -0.15) is 0 Å². The highest BCUT2D eigenvalue weighted by molar-refractivity contribution is 6.30. The number of nitrogens with two attached hydrogens (primary N) is 1. The molecule has 3 atom stereocenters. The highest BCUT2D eigenvalue weighted by Gasteiger charge is 2.64. The Kier molecular flexibility index (Phi) is 6.93. The molecule has 1 aliphatic heterocycles. The number of nitrogen functional groups attached to an aromatic ring is 1. The van der Waals surface area contributed by atoms with Crippen molar-refractivity contribution in [3.8, 4) is 0 Å². The summed E-state index contributed by atoms with van der Waals surface area (Å²) >= 11 is 6.30. The number of rotatable bonds is 7. The highest BCUT2D eigenvalue weighted by atomic mass is 35.5. The standard InChI is InChI=1S/C27H35ClFN5O/c1-32-12-14-33(15-13-32)10-3-11-34(26(35)31-21-6-7-23(29)24(30)17-21)25-8-9-27(18-22(25)27)19-4-2-5-20(28)16-19/h2,4-7,16-17,22,25H,3,8-15,18,30H2,1H3,(H,31,35)/t22-,25-,27-/m1/s1. The Hall–Kier alpha value is -2.35. The molecule has 3 N–H and O–H groups in total. The number of likely N-dealkylation sites (N-methyl/N-ethyl adjacent to an activating group) is 1. The summed E-state index contributed by atoms with van der Waals surface area (Å²) in [7, 11) is 2.16. The fourth-order valence-electron chi connectivity index (χ4n) is 6.15. The Morgan fingerprint density at radius 2 is 2.03 bits per heavy atom. The predicted molar refractivity (Wildman–Crippen MR) is 139 cm³/mol. The molecule has 0 bridgehead atoms. The molecular formula is C27H35ClFN5O. The number of urea groups is 1. The van der Waals surface area contributed by atoms with Crippen molar-refractivity contribution in [2.75, 3.05) is 57.4 Å². The van der Waals surface area contributed by atoms with Crippen molar-refractivity contribution < 1.29 is 9.18 Å². The van der Waals surface area contributed by atoms with Gasteiger partial charge in [-0.3, -0.25) is 0 Å². The number of nitrogens with one attached hydrogen (secondary N) is 1. The third-order valence-electron chi connectivity index (χ3n) is 8.26. The summed E-state index contributed by atoms with van der Waals surface area (Å²) in [5.74, 6) is -0.0410. The molecule has 2 aliphatic carbocycles. The minimum absolute atomic E-state index is 0.0347. The van der Waals surface area contributed by atoms with E-state index in [0.717, 1.165) is 63.4 Å². The van der Waals surface area contributed by atoms with Gasteiger partial charge in [-0.25, -0.2) is 9.18 Å². The van der Waals surface area contributed by atoms with Crippen molar-refractivity contribution in [3.05, 3.63) is 58.9 Å². The van der Waals surface area contributed by atoms with Crippen LogP contribution in [-0.4, -0.2) is 73.1 Å². The first kappa shape index (κ1) is 24.3. The second kappa shape index (κ2) is 9.96. The zero-order chi connectivity index (χ0) is 24.6. The van der Waals surface area contributed by atoms with Crippen LogP contribution in [-0.2, 0) is 5.41 Å². The quantitative estimate of drug-likeness (QED) is 0.544. The van der Waals surface area contributed by atoms with Gasteiger partial charge < -0.3 is 25.8 Å². The maximum atomic E-state index is 13.6. The van der Waals surface area contributed by atoms with Gasteiger partial charge >= 0.3 is 6.03 Å². The fraction of sp³-hybridized carbons (Fsp3) is 0.519. The lowest BCUT2D eigenvalue weighted by atomic mass is 9.93. The summed E-state index contributed by atoms with van der Waals surface area (Å²) < 4.78 is 13.6. The fourth-order valence-corrected chi connectivity index (χ4v) is 6.34. The molecule has 0 aromatic heterocycles. The van der Waals surface area contributed by atoms with E-state index in [2.05, 4.69) is 34.3 Å². The van der Waals surface area contributed by atoms with E-state index in [0.29, 0.717) is 18.2 Å². The Bertz CT molecular complexity index is 1080. The Morgan fingerprint density at radius 3 is 2.74 bits per heavy atom. The van der Waals surface area contributed by atoms with Gasteiger partial charge in [0.2, 0.25) is 0 Å². The van der Waals surface area contributed by atoms with Gasteiger partial charge in [-0.1, -0.05) is 23.7 Å². The van der Waals surface area contributed by atoms with Gasteiger partial charge in [0.1, 0.15) is 5.82 Å². The highest BCUT2D eigenvalue weighted by Crippen LogP contribution is 2.65. The van der Waals surface area contributed by atoms with Crippen molar-refractivity contribution in [2.45, 2.75) is 37.1 Å². The molecular weight excluding hydrogens is 465 g/mol. The minimum atomic E-state index is -0.480. The number of halogens is 2. The second-order valence-electron chi connectivity index (χ2n) is 10.4. The molecule has 5 rings (SSSR count). The zero-order valence-electron chi connectivity index (χ0n) is 20.4. The van der Waals surface area contributed by atoms with Gasteiger partial charge in [-0.15, -0.1) is 0 Å². The molecule has 2 saturated carbocycles. The van der Waals surface area contributed by atoms with E-state index in [1.165, 1.54) is 17.7 Å². The SMILES string of the molecule is CN1CCN(CCCN(C(=O)Nc2ccc(F)c(N)c2)[C@@H]2CC[C@]3(c4cccc(Cl)c4)C[C@H]23)CC1. The molecule has 2 amide bonds. The van der Waals surface area contributed by atoms with E-state index in [-0.39, 0.29) is 23.2 Å². The maximum Gasteiger partial charge on any atom is 0.322 e. The van der Waals surface area contributed by atoms with Crippen LogP contribution in [0.25, 0.3) is 0 Å². The van der Waals surface area contributed by atoms with E-state index in [4.69, 9.17) is 17.3 Å². The minimum Gasteiger partial charge on any atom is -0.396 e. The molecule has 2 aromatic rings. The number of benzene rings is 2. The van der Waals surface area contributed by atoms with Gasteiger partial charge in [-0.05, 0) is 81.1 Å². The van der Waals surface area contributed by atoms with E-state index in [1.807, 2.05) is 17.0 Å². The van der Waals surface area contributed by atoms with Gasteiger partial charge in [0.25, 0.3) is 0 Å². The zero-order valence-corrected chi connectivity index (χ0v) is 21.1. The number of hydrogen-bond acceptors (Lipinski definition) is 4. The lowest BCUT2D eigenvalue weighted by Crippen LogP contribution is -2.47. The molecule has 188 valence electrons. The smallest absolute Gasteiger partial charge is 0.322 e. The summed E-state index contributed by atoms with van der Waals surface area (Å²) in [5.41, 5.74) is 7.71. The number of amides is 2. The maximum absolute atomic E-state index is 13.6. The third-order valence-corrected chi connectivity index (χ3v) is 8.50. The van der Waals surface area contributed by atoms with Gasteiger partial charge in [0.05, 0.1) is 5.69 Å². The third kappa shape index (κ3) is 5.13. The van der Waals surface area contributed by atoms with E-state index in [1.54, 1.807) is 6.07 Å². The average Bonchev–Trinajstić information content (AvgIpc) is 3.47. The van der Waals surface area contributed by atoms with Crippen LogP contribution in [0, 0.1) is 11.7 Å². The van der Waals surface area contributed by atoms with Crippen LogP contribution in [0.2, 0.25) is 5.02 Å². The molecule has 0 spiro atoms. The van der Waals surface area contributed by atoms with E-state index in [9.17, 15) is 9.18 Å². The lowest BCUT2D eigenvalue weighted by molar-refractivity contribution is 0.140. The molecule has 35 heavy (non-hydrogen) atoms. The van der Waals surface area contributed by atoms with Crippen LogP contribution in [0.3, 0.4) is 0 Å². The van der Waals surface area contributed by atoms with Crippen LogP contribution in [0.4, 0.5) is 20.6 Å². The number of anilines is 2. The molecule has 3 aliphatic rings. The van der Waals surface area contributed by atoms with E-state index >= 15 is 0 Å². The molecule has 3 fully saturated rings. The summed E-state index contributed by atoms with van der Waals surface area (Å²) in [6, 6.07) is 12.6. The van der Waals surface area contributed by atoms with Crippen molar-refractivity contribution >= 4 is 29.0 Å². The second-order valence-corrected chi connectivity index (χ2v) is 10.9. The van der Waals surface area contributed by atoms with Crippen LogP contribution in [0.15, 0.2) is 42.5 Å². The molecule has 6 nitrogen and oxygen atoms in total. The molecule has 2 aromatic carbocycles. The van der Waals surface area contributed by atoms with Crippen molar-refractivity contribution in [2.24, 2.45) is 5.92 Å². The van der Waals surface area contributed by atoms with E-state index < -0.39 is 5.82 Å². The first-order valence-corrected chi connectivity index (χ1v) is 13.0. The number of carbonyl (C=O) groups is 1. The van der Waals surface area contributed by atoms with Crippen LogP contribution in [0.5, 0.6) is 0 Å². The number of piperazine rings is 1. The number of nitrogens with zero attached hydrogens (tertiary/aromatic N) is 3. The molecule has 8 heteroatoms. The monoisotopic (exact) mass is 499 g/mol. The van der Waals surface area contributed by atoms with Crippen LogP contribution >= 0.6 is 11.6 Å². The normalized spacial score (nSPS) is 26.4. The van der Waals surface area contributed by atoms with Crippen LogP contribution in [0.1, 0.15) is 31.2 Å². The summed E-state index contributed by atoms with van der Waals surface area (Å²) in [6.45, 7) is 5.99. The van der Waals surface area contributed by atoms with Gasteiger partial charge in [0, 0.05) is 54.9 Å². The number of hydrogen-bond donors (Lipinski definition) is 2. The Balaban J connectivity index is 1.29. The number of fused-ring (bicyclic) bond motifs is 1. The topological polar surface area (TPSA) is 64.8 Å². The first-order valence-electron chi connectivity index (χ1n) is 12.7. The predicted octanol–water partition coefficient (Wildman–Crippen LogP) is 4.65. The van der Waals surface area contributed by atoms with Crippen molar-refractivity contribution in [1.82, 2.24) is 14.7 Å². The van der Waals surface area contributed by atoms with Crippen molar-refractivity contribution in [3.63, 3.8) is 0 Å².